The quantitative estimate of drug-likeness (QED) is 0.675. The van der Waals surface area contributed by atoms with Gasteiger partial charge >= 0.3 is 0 Å². The number of nitrogens with zero attached hydrogens (tertiary/aromatic N) is 3. The van der Waals surface area contributed by atoms with Crippen molar-refractivity contribution in [2.24, 2.45) is 11.5 Å². The molecular formula is C19H20FN5O. The van der Waals surface area contributed by atoms with E-state index in [0.717, 1.165) is 18.2 Å². The molecule has 1 atom stereocenters. The summed E-state index contributed by atoms with van der Waals surface area (Å²) < 4.78 is 15.6. The molecule has 3 aromatic rings. The highest BCUT2D eigenvalue weighted by Crippen LogP contribution is 2.12. The Morgan fingerprint density at radius 1 is 1.15 bits per heavy atom. The second-order valence-electron chi connectivity index (χ2n) is 6.23. The van der Waals surface area contributed by atoms with E-state index in [0.29, 0.717) is 12.0 Å². The minimum atomic E-state index is -0.661. The number of halogens is 1. The van der Waals surface area contributed by atoms with Crippen molar-refractivity contribution in [1.82, 2.24) is 15.0 Å². The number of rotatable bonds is 7. The van der Waals surface area contributed by atoms with Crippen molar-refractivity contribution < 1.29 is 9.18 Å². The summed E-state index contributed by atoms with van der Waals surface area (Å²) in [6.07, 6.45) is 3.08. The molecule has 134 valence electrons. The molecule has 0 saturated carbocycles. The molecule has 4 N–H and O–H groups in total. The van der Waals surface area contributed by atoms with Gasteiger partial charge in [-0.1, -0.05) is 41.6 Å². The zero-order valence-corrected chi connectivity index (χ0v) is 14.2. The summed E-state index contributed by atoms with van der Waals surface area (Å²) in [7, 11) is 0. The number of hydrogen-bond acceptors (Lipinski definition) is 4. The van der Waals surface area contributed by atoms with Crippen molar-refractivity contribution in [3.05, 3.63) is 82.9 Å². The Hall–Kier alpha value is -3.06. The standard InChI is InChI=1S/C19H20FN5O/c20-18-9-14(19(22)26)6-7-15(18)11-25-12-17(23-24-25)10-16(21)8-13-4-2-1-3-5-13/h1-7,9,12,16H,8,10-11,21H2,(H2,22,26). The predicted octanol–water partition coefficient (Wildman–Crippen LogP) is 1.68. The van der Waals surface area contributed by atoms with E-state index in [1.165, 1.54) is 17.7 Å². The van der Waals surface area contributed by atoms with Crippen molar-refractivity contribution in [2.75, 3.05) is 0 Å². The van der Waals surface area contributed by atoms with Crippen LogP contribution in [0.25, 0.3) is 0 Å². The molecule has 0 aliphatic rings. The highest BCUT2D eigenvalue weighted by Gasteiger charge is 2.11. The fraction of sp³-hybridized carbons (Fsp3) is 0.211. The number of amides is 1. The second kappa shape index (κ2) is 7.88. The summed E-state index contributed by atoms with van der Waals surface area (Å²) in [4.78, 5) is 11.1. The molecule has 26 heavy (non-hydrogen) atoms. The number of nitrogens with two attached hydrogens (primary N) is 2. The van der Waals surface area contributed by atoms with Crippen molar-refractivity contribution in [2.45, 2.75) is 25.4 Å². The largest absolute Gasteiger partial charge is 0.366 e. The molecule has 0 aliphatic heterocycles. The predicted molar refractivity (Wildman–Crippen MR) is 95.9 cm³/mol. The highest BCUT2D eigenvalue weighted by molar-refractivity contribution is 5.92. The van der Waals surface area contributed by atoms with Crippen LogP contribution in [0.5, 0.6) is 0 Å². The van der Waals surface area contributed by atoms with Gasteiger partial charge in [-0.3, -0.25) is 4.79 Å². The molecule has 1 heterocycles. The van der Waals surface area contributed by atoms with E-state index in [1.54, 1.807) is 10.9 Å². The van der Waals surface area contributed by atoms with Crippen LogP contribution in [0.4, 0.5) is 4.39 Å². The lowest BCUT2D eigenvalue weighted by Crippen LogP contribution is -2.25. The van der Waals surface area contributed by atoms with E-state index >= 15 is 0 Å². The number of carbonyl (C=O) groups excluding carboxylic acids is 1. The Kier molecular flexibility index (Phi) is 5.38. The Balaban J connectivity index is 1.62. The molecule has 1 aromatic heterocycles. The lowest BCUT2D eigenvalue weighted by Gasteiger charge is -2.09. The van der Waals surface area contributed by atoms with Crippen LogP contribution in [0.1, 0.15) is 27.2 Å². The first-order valence-electron chi connectivity index (χ1n) is 8.28. The zero-order valence-electron chi connectivity index (χ0n) is 14.2. The van der Waals surface area contributed by atoms with Crippen LogP contribution in [0.2, 0.25) is 0 Å². The average molecular weight is 353 g/mol. The maximum Gasteiger partial charge on any atom is 0.248 e. The zero-order chi connectivity index (χ0) is 18.5. The third kappa shape index (κ3) is 4.52. The molecule has 0 spiro atoms. The molecule has 1 unspecified atom stereocenters. The molecule has 0 bridgehead atoms. The van der Waals surface area contributed by atoms with Crippen LogP contribution in [0, 0.1) is 5.82 Å². The van der Waals surface area contributed by atoms with Gasteiger partial charge in [0.25, 0.3) is 0 Å². The minimum absolute atomic E-state index is 0.0749. The first-order chi connectivity index (χ1) is 12.5. The van der Waals surface area contributed by atoms with Gasteiger partial charge in [0.2, 0.25) is 5.91 Å². The molecular weight excluding hydrogens is 333 g/mol. The smallest absolute Gasteiger partial charge is 0.248 e. The Morgan fingerprint density at radius 2 is 1.92 bits per heavy atom. The van der Waals surface area contributed by atoms with Crippen LogP contribution in [0.15, 0.2) is 54.7 Å². The molecule has 1 amide bonds. The van der Waals surface area contributed by atoms with Gasteiger partial charge in [0.05, 0.1) is 12.2 Å². The van der Waals surface area contributed by atoms with E-state index in [1.807, 2.05) is 30.3 Å². The van der Waals surface area contributed by atoms with Crippen molar-refractivity contribution in [3.8, 4) is 0 Å². The van der Waals surface area contributed by atoms with Crippen molar-refractivity contribution in [1.29, 1.82) is 0 Å². The third-order valence-electron chi connectivity index (χ3n) is 4.07. The van der Waals surface area contributed by atoms with Crippen LogP contribution in [0.3, 0.4) is 0 Å². The van der Waals surface area contributed by atoms with Crippen LogP contribution in [-0.2, 0) is 19.4 Å². The monoisotopic (exact) mass is 353 g/mol. The summed E-state index contributed by atoms with van der Waals surface area (Å²) in [5.41, 5.74) is 13.8. The molecule has 0 fully saturated rings. The topological polar surface area (TPSA) is 99.8 Å². The summed E-state index contributed by atoms with van der Waals surface area (Å²) in [6, 6.07) is 14.1. The minimum Gasteiger partial charge on any atom is -0.366 e. The number of primary amides is 1. The van der Waals surface area contributed by atoms with Gasteiger partial charge < -0.3 is 11.5 Å². The molecule has 0 aliphatic carbocycles. The highest BCUT2D eigenvalue weighted by atomic mass is 19.1. The third-order valence-corrected chi connectivity index (χ3v) is 4.07. The number of carbonyl (C=O) groups is 1. The van der Waals surface area contributed by atoms with Crippen molar-refractivity contribution in [3.63, 3.8) is 0 Å². The maximum atomic E-state index is 14.1. The summed E-state index contributed by atoms with van der Waals surface area (Å²) >= 11 is 0. The number of benzene rings is 2. The SMILES string of the molecule is NC(=O)c1ccc(Cn2cc(CC(N)Cc3ccccc3)nn2)c(F)c1. The van der Waals surface area contributed by atoms with Gasteiger partial charge in [-0.15, -0.1) is 5.10 Å². The molecule has 2 aromatic carbocycles. The molecule has 0 saturated heterocycles. The van der Waals surface area contributed by atoms with E-state index in [2.05, 4.69) is 10.3 Å². The van der Waals surface area contributed by atoms with Gasteiger partial charge in [0.1, 0.15) is 5.82 Å². The van der Waals surface area contributed by atoms with Crippen LogP contribution in [-0.4, -0.2) is 26.9 Å². The van der Waals surface area contributed by atoms with Gasteiger partial charge in [-0.05, 0) is 24.1 Å². The lowest BCUT2D eigenvalue weighted by molar-refractivity contribution is 0.1000. The summed E-state index contributed by atoms with van der Waals surface area (Å²) in [5.74, 6) is -1.16. The normalized spacial score (nSPS) is 12.1. The van der Waals surface area contributed by atoms with E-state index < -0.39 is 11.7 Å². The summed E-state index contributed by atoms with van der Waals surface area (Å²) in [6.45, 7) is 0.214. The van der Waals surface area contributed by atoms with Crippen LogP contribution < -0.4 is 11.5 Å². The fourth-order valence-corrected chi connectivity index (χ4v) is 2.77. The number of hydrogen-bond donors (Lipinski definition) is 2. The van der Waals surface area contributed by atoms with E-state index in [9.17, 15) is 9.18 Å². The summed E-state index contributed by atoms with van der Waals surface area (Å²) in [5, 5.41) is 8.13. The maximum absolute atomic E-state index is 14.1. The molecule has 3 rings (SSSR count). The van der Waals surface area contributed by atoms with Crippen LogP contribution >= 0.6 is 0 Å². The van der Waals surface area contributed by atoms with Gasteiger partial charge in [0.15, 0.2) is 0 Å². The van der Waals surface area contributed by atoms with Gasteiger partial charge in [-0.25, -0.2) is 9.07 Å². The van der Waals surface area contributed by atoms with Gasteiger partial charge in [0, 0.05) is 29.8 Å². The van der Waals surface area contributed by atoms with Crippen molar-refractivity contribution >= 4 is 5.91 Å². The fourth-order valence-electron chi connectivity index (χ4n) is 2.77. The first kappa shape index (κ1) is 17.8. The Bertz CT molecular complexity index is 894. The Labute approximate surface area is 150 Å². The Morgan fingerprint density at radius 3 is 2.62 bits per heavy atom. The molecule has 6 nitrogen and oxygen atoms in total. The number of aromatic nitrogens is 3. The second-order valence-corrected chi connectivity index (χ2v) is 6.23. The lowest BCUT2D eigenvalue weighted by atomic mass is 10.0. The molecule has 7 heteroatoms. The first-order valence-corrected chi connectivity index (χ1v) is 8.28. The van der Waals surface area contributed by atoms with E-state index in [4.69, 9.17) is 11.5 Å². The average Bonchev–Trinajstić information content (AvgIpc) is 3.04. The molecule has 0 radical (unpaired) electrons. The van der Waals surface area contributed by atoms with Gasteiger partial charge in [-0.2, -0.15) is 0 Å². The van der Waals surface area contributed by atoms with E-state index in [-0.39, 0.29) is 18.2 Å².